The maximum Gasteiger partial charge on any atom is 0.408 e. The van der Waals surface area contributed by atoms with Gasteiger partial charge in [0.15, 0.2) is 0 Å². The third kappa shape index (κ3) is 2.39. The molecule has 6 heteroatoms. The van der Waals surface area contributed by atoms with Gasteiger partial charge in [0.1, 0.15) is 5.54 Å². The zero-order valence-electron chi connectivity index (χ0n) is 15.3. The number of nitrogens with zero attached hydrogens (tertiary/aromatic N) is 2. The lowest BCUT2D eigenvalue weighted by Gasteiger charge is -2.38. The van der Waals surface area contributed by atoms with Crippen LogP contribution < -0.4 is 0 Å². The fourth-order valence-electron chi connectivity index (χ4n) is 4.91. The molecule has 1 fully saturated rings. The van der Waals surface area contributed by atoms with Gasteiger partial charge in [-0.1, -0.05) is 48.0 Å². The number of rotatable bonds is 2. The van der Waals surface area contributed by atoms with E-state index in [1.807, 2.05) is 30.3 Å². The molecule has 2 aromatic carbocycles. The van der Waals surface area contributed by atoms with Crippen LogP contribution in [0.4, 0.5) is 4.79 Å². The largest absolute Gasteiger partial charge is 0.465 e. The highest BCUT2D eigenvalue weighted by atomic mass is 35.5. The number of amides is 1. The molecule has 1 saturated heterocycles. The van der Waals surface area contributed by atoms with Crippen LogP contribution in [0.1, 0.15) is 35.4 Å². The number of carboxylic acid groups (broad SMARTS) is 1. The van der Waals surface area contributed by atoms with Gasteiger partial charge in [0.05, 0.1) is 11.4 Å². The predicted molar refractivity (Wildman–Crippen MR) is 108 cm³/mol. The Hall–Kier alpha value is -2.79. The van der Waals surface area contributed by atoms with Crippen LogP contribution in [0.5, 0.6) is 0 Å². The Morgan fingerprint density at radius 2 is 2.04 bits per heavy atom. The SMILES string of the molecule is O=C(O)N1CCCC1(c1cccc(Cl)c1)c1[nH]nc2c1-c1ccccc1CC2. The second-order valence-corrected chi connectivity index (χ2v) is 7.92. The predicted octanol–water partition coefficient (Wildman–Crippen LogP) is 4.85. The molecule has 2 heterocycles. The molecule has 1 aliphatic carbocycles. The van der Waals surface area contributed by atoms with Crippen molar-refractivity contribution in [3.05, 3.63) is 76.1 Å². The summed E-state index contributed by atoms with van der Waals surface area (Å²) in [6, 6.07) is 15.9. The first-order valence-electron chi connectivity index (χ1n) is 9.54. The minimum Gasteiger partial charge on any atom is -0.465 e. The van der Waals surface area contributed by atoms with Crippen molar-refractivity contribution in [3.8, 4) is 11.1 Å². The van der Waals surface area contributed by atoms with E-state index in [2.05, 4.69) is 28.4 Å². The molecule has 28 heavy (non-hydrogen) atoms. The quantitative estimate of drug-likeness (QED) is 0.654. The average Bonchev–Trinajstić information content (AvgIpc) is 3.33. The lowest BCUT2D eigenvalue weighted by molar-refractivity contribution is 0.116. The monoisotopic (exact) mass is 393 g/mol. The van der Waals surface area contributed by atoms with Gasteiger partial charge < -0.3 is 5.11 Å². The first-order chi connectivity index (χ1) is 13.6. The molecule has 2 aliphatic rings. The standard InChI is InChI=1S/C22H20ClN3O2/c23-16-7-3-6-15(13-16)22(11-4-12-26(22)21(27)28)20-19-17-8-2-1-5-14(17)9-10-18(19)24-25-20/h1-3,5-8,13H,4,9-12H2,(H,24,25)(H,27,28). The first-order valence-corrected chi connectivity index (χ1v) is 9.91. The van der Waals surface area contributed by atoms with Crippen LogP contribution >= 0.6 is 11.6 Å². The van der Waals surface area contributed by atoms with E-state index in [-0.39, 0.29) is 0 Å². The van der Waals surface area contributed by atoms with Crippen LogP contribution in [0.25, 0.3) is 11.1 Å². The molecule has 0 bridgehead atoms. The van der Waals surface area contributed by atoms with Crippen LogP contribution in [0.2, 0.25) is 5.02 Å². The second-order valence-electron chi connectivity index (χ2n) is 7.49. The van der Waals surface area contributed by atoms with Gasteiger partial charge >= 0.3 is 6.09 Å². The van der Waals surface area contributed by atoms with Crippen LogP contribution in [0.3, 0.4) is 0 Å². The van der Waals surface area contributed by atoms with Gasteiger partial charge in [-0.25, -0.2) is 4.79 Å². The second kappa shape index (κ2) is 6.38. The number of benzene rings is 2. The van der Waals surface area contributed by atoms with Gasteiger partial charge in [0.2, 0.25) is 0 Å². The van der Waals surface area contributed by atoms with Gasteiger partial charge in [-0.2, -0.15) is 5.10 Å². The molecule has 5 rings (SSSR count). The number of aryl methyl sites for hydroxylation is 2. The van der Waals surface area contributed by atoms with Crippen LogP contribution in [-0.2, 0) is 18.4 Å². The zero-order valence-corrected chi connectivity index (χ0v) is 16.0. The molecule has 142 valence electrons. The summed E-state index contributed by atoms with van der Waals surface area (Å²) in [5, 5.41) is 18.5. The third-order valence-electron chi connectivity index (χ3n) is 6.09. The molecule has 1 atom stereocenters. The Kier molecular flexibility index (Phi) is 3.95. The fraction of sp³-hybridized carbons (Fsp3) is 0.273. The Morgan fingerprint density at radius 1 is 1.18 bits per heavy atom. The summed E-state index contributed by atoms with van der Waals surface area (Å²) in [6.07, 6.45) is 2.34. The van der Waals surface area contributed by atoms with Gasteiger partial charge in [0.25, 0.3) is 0 Å². The smallest absolute Gasteiger partial charge is 0.408 e. The Balaban J connectivity index is 1.80. The van der Waals surface area contributed by atoms with E-state index < -0.39 is 11.6 Å². The lowest BCUT2D eigenvalue weighted by atomic mass is 9.78. The molecule has 0 spiro atoms. The Labute approximate surface area is 168 Å². The molecule has 1 aliphatic heterocycles. The number of halogens is 1. The van der Waals surface area contributed by atoms with Gasteiger partial charge in [0, 0.05) is 17.1 Å². The van der Waals surface area contributed by atoms with E-state index in [9.17, 15) is 9.90 Å². The minimum atomic E-state index is -0.926. The number of hydrogen-bond acceptors (Lipinski definition) is 2. The normalized spacial score (nSPS) is 20.7. The van der Waals surface area contributed by atoms with Crippen molar-refractivity contribution in [1.29, 1.82) is 0 Å². The zero-order chi connectivity index (χ0) is 19.3. The molecular weight excluding hydrogens is 374 g/mol. The van der Waals surface area contributed by atoms with Gasteiger partial charge in [-0.3, -0.25) is 10.00 Å². The highest BCUT2D eigenvalue weighted by molar-refractivity contribution is 6.30. The van der Waals surface area contributed by atoms with E-state index >= 15 is 0 Å². The summed E-state index contributed by atoms with van der Waals surface area (Å²) in [5.74, 6) is 0. The van der Waals surface area contributed by atoms with Crippen LogP contribution in [0.15, 0.2) is 48.5 Å². The number of fused-ring (bicyclic) bond motifs is 3. The third-order valence-corrected chi connectivity index (χ3v) is 6.32. The average molecular weight is 394 g/mol. The van der Waals surface area contributed by atoms with E-state index in [4.69, 9.17) is 11.6 Å². The van der Waals surface area contributed by atoms with E-state index in [1.165, 1.54) is 5.56 Å². The molecule has 0 radical (unpaired) electrons. The maximum absolute atomic E-state index is 12.2. The molecule has 0 saturated carbocycles. The van der Waals surface area contributed by atoms with Crippen LogP contribution in [0, 0.1) is 0 Å². The number of likely N-dealkylation sites (tertiary alicyclic amines) is 1. The molecule has 2 N–H and O–H groups in total. The number of aromatic nitrogens is 2. The summed E-state index contributed by atoms with van der Waals surface area (Å²) in [6.45, 7) is 0.483. The van der Waals surface area contributed by atoms with Crippen LogP contribution in [-0.4, -0.2) is 32.8 Å². The minimum absolute atomic E-state index is 0.483. The van der Waals surface area contributed by atoms with E-state index in [0.717, 1.165) is 47.3 Å². The van der Waals surface area contributed by atoms with E-state index in [0.29, 0.717) is 18.0 Å². The van der Waals surface area contributed by atoms with Crippen molar-refractivity contribution in [3.63, 3.8) is 0 Å². The van der Waals surface area contributed by atoms with Crippen molar-refractivity contribution in [2.45, 2.75) is 31.2 Å². The maximum atomic E-state index is 12.2. The van der Waals surface area contributed by atoms with Gasteiger partial charge in [-0.15, -0.1) is 0 Å². The number of hydrogen-bond donors (Lipinski definition) is 2. The summed E-state index contributed by atoms with van der Waals surface area (Å²) in [7, 11) is 0. The summed E-state index contributed by atoms with van der Waals surface area (Å²) >= 11 is 6.31. The number of aromatic amines is 1. The fourth-order valence-corrected chi connectivity index (χ4v) is 5.10. The molecule has 1 amide bonds. The van der Waals surface area contributed by atoms with Crippen molar-refractivity contribution < 1.29 is 9.90 Å². The van der Waals surface area contributed by atoms with Crippen molar-refractivity contribution in [1.82, 2.24) is 15.1 Å². The van der Waals surface area contributed by atoms with Crippen molar-refractivity contribution in [2.75, 3.05) is 6.54 Å². The van der Waals surface area contributed by atoms with Crippen molar-refractivity contribution >= 4 is 17.7 Å². The molecular formula is C22H20ClN3O2. The summed E-state index contributed by atoms with van der Waals surface area (Å²) in [5.41, 5.74) is 5.40. The molecule has 1 aromatic heterocycles. The Bertz CT molecular complexity index is 1080. The molecule has 3 aromatic rings. The van der Waals surface area contributed by atoms with Crippen molar-refractivity contribution in [2.24, 2.45) is 0 Å². The topological polar surface area (TPSA) is 69.2 Å². The lowest BCUT2D eigenvalue weighted by Crippen LogP contribution is -2.46. The number of nitrogens with one attached hydrogen (secondary N) is 1. The summed E-state index contributed by atoms with van der Waals surface area (Å²) < 4.78 is 0. The van der Waals surface area contributed by atoms with Gasteiger partial charge in [-0.05, 0) is 54.5 Å². The molecule has 5 nitrogen and oxygen atoms in total. The first kappa shape index (κ1) is 17.3. The van der Waals surface area contributed by atoms with E-state index in [1.54, 1.807) is 4.90 Å². The highest BCUT2D eigenvalue weighted by Crippen LogP contribution is 2.49. The Morgan fingerprint density at radius 3 is 2.86 bits per heavy atom. The summed E-state index contributed by atoms with van der Waals surface area (Å²) in [4.78, 5) is 13.8. The highest BCUT2D eigenvalue weighted by Gasteiger charge is 2.50. The number of H-pyrrole nitrogens is 1. The molecule has 1 unspecified atom stereocenters. The number of carbonyl (C=O) groups is 1.